The maximum absolute atomic E-state index is 12.6. The lowest BCUT2D eigenvalue weighted by atomic mass is 10.3. The number of amides is 2. The van der Waals surface area contributed by atoms with E-state index in [9.17, 15) is 9.59 Å². The number of furan rings is 1. The first-order valence-corrected chi connectivity index (χ1v) is 9.40. The van der Waals surface area contributed by atoms with E-state index in [1.807, 2.05) is 11.0 Å². The van der Waals surface area contributed by atoms with E-state index in [0.717, 1.165) is 30.1 Å². The maximum atomic E-state index is 12.6. The zero-order chi connectivity index (χ0) is 16.0. The highest BCUT2D eigenvalue weighted by atomic mass is 32.2. The normalized spacial score (nSPS) is 26.7. The van der Waals surface area contributed by atoms with Crippen molar-refractivity contribution in [2.45, 2.75) is 44.7 Å². The Balaban J connectivity index is 1.40. The lowest BCUT2D eigenvalue weighted by Gasteiger charge is -2.24. The quantitative estimate of drug-likeness (QED) is 0.802. The fraction of sp³-hybridized carbons (Fsp3) is 0.647. The van der Waals surface area contributed by atoms with E-state index >= 15 is 0 Å². The summed E-state index contributed by atoms with van der Waals surface area (Å²) in [6, 6.07) is 4.38. The van der Waals surface area contributed by atoms with Gasteiger partial charge in [0.2, 0.25) is 5.91 Å². The molecule has 2 saturated carbocycles. The van der Waals surface area contributed by atoms with Crippen molar-refractivity contribution in [3.8, 4) is 0 Å². The summed E-state index contributed by atoms with van der Waals surface area (Å²) in [6.07, 6.45) is 3.32. The molecule has 1 aliphatic heterocycles. The van der Waals surface area contributed by atoms with Crippen LogP contribution >= 0.6 is 11.8 Å². The Kier molecular flexibility index (Phi) is 3.87. The van der Waals surface area contributed by atoms with E-state index in [0.29, 0.717) is 31.0 Å². The molecule has 0 N–H and O–H groups in total. The number of hydrogen-bond acceptors (Lipinski definition) is 4. The molecule has 0 aromatic carbocycles. The van der Waals surface area contributed by atoms with Gasteiger partial charge in [0.05, 0.1) is 6.54 Å². The molecular weight excluding hydrogens is 312 g/mol. The fourth-order valence-electron chi connectivity index (χ4n) is 3.20. The van der Waals surface area contributed by atoms with Crippen LogP contribution in [-0.2, 0) is 11.3 Å². The number of carbonyl (C=O) groups is 2. The number of nitrogens with zero attached hydrogens (tertiary/aromatic N) is 2. The van der Waals surface area contributed by atoms with Crippen LogP contribution in [-0.4, -0.2) is 45.8 Å². The van der Waals surface area contributed by atoms with Gasteiger partial charge in [-0.05, 0) is 37.3 Å². The molecule has 2 atom stereocenters. The van der Waals surface area contributed by atoms with Crippen molar-refractivity contribution in [1.29, 1.82) is 0 Å². The van der Waals surface area contributed by atoms with Crippen molar-refractivity contribution < 1.29 is 14.0 Å². The molecule has 23 heavy (non-hydrogen) atoms. The topological polar surface area (TPSA) is 53.8 Å². The van der Waals surface area contributed by atoms with Gasteiger partial charge in [-0.2, -0.15) is 0 Å². The van der Waals surface area contributed by atoms with Gasteiger partial charge in [0.15, 0.2) is 0 Å². The summed E-state index contributed by atoms with van der Waals surface area (Å²) >= 11 is 1.30. The van der Waals surface area contributed by atoms with E-state index < -0.39 is 0 Å². The highest BCUT2D eigenvalue weighted by Crippen LogP contribution is 2.47. The number of carbonyl (C=O) groups excluding carboxylic acids is 2. The van der Waals surface area contributed by atoms with E-state index in [1.165, 1.54) is 18.2 Å². The van der Waals surface area contributed by atoms with Crippen LogP contribution in [0, 0.1) is 5.92 Å². The molecule has 1 aromatic rings. The molecule has 0 spiro atoms. The fourth-order valence-corrected chi connectivity index (χ4v) is 4.02. The van der Waals surface area contributed by atoms with E-state index in [2.05, 4.69) is 13.0 Å². The Morgan fingerprint density at radius 1 is 1.43 bits per heavy atom. The third-order valence-electron chi connectivity index (χ3n) is 4.96. The Labute approximate surface area is 140 Å². The van der Waals surface area contributed by atoms with Gasteiger partial charge in [-0.3, -0.25) is 9.59 Å². The molecule has 0 radical (unpaired) electrons. The third kappa shape index (κ3) is 3.27. The molecule has 3 aliphatic rings. The van der Waals surface area contributed by atoms with Crippen LogP contribution in [0.2, 0.25) is 0 Å². The Morgan fingerprint density at radius 2 is 2.22 bits per heavy atom. The Hall–Kier alpha value is -1.43. The van der Waals surface area contributed by atoms with Crippen LogP contribution in [0.4, 0.5) is 4.79 Å². The zero-order valence-corrected chi connectivity index (χ0v) is 14.2. The highest BCUT2D eigenvalue weighted by Gasteiger charge is 2.38. The first-order chi connectivity index (χ1) is 11.1. The zero-order valence-electron chi connectivity index (χ0n) is 13.4. The molecule has 1 aromatic heterocycles. The summed E-state index contributed by atoms with van der Waals surface area (Å²) in [7, 11) is 0. The van der Waals surface area contributed by atoms with Crippen LogP contribution in [0.15, 0.2) is 16.5 Å². The van der Waals surface area contributed by atoms with E-state index in [1.54, 1.807) is 4.90 Å². The number of hydrogen-bond donors (Lipinski definition) is 0. The third-order valence-corrected chi connectivity index (χ3v) is 5.85. The molecule has 2 aliphatic carbocycles. The summed E-state index contributed by atoms with van der Waals surface area (Å²) in [5.41, 5.74) is 0. The molecule has 6 heteroatoms. The van der Waals surface area contributed by atoms with E-state index in [4.69, 9.17) is 4.42 Å². The summed E-state index contributed by atoms with van der Waals surface area (Å²) in [5.74, 6) is 4.03. The van der Waals surface area contributed by atoms with Crippen LogP contribution in [0.25, 0.3) is 0 Å². The molecular formula is C17H22N2O3S. The average Bonchev–Trinajstić information content (AvgIpc) is 3.41. The Morgan fingerprint density at radius 3 is 2.83 bits per heavy atom. The van der Waals surface area contributed by atoms with Gasteiger partial charge in [0.1, 0.15) is 18.1 Å². The predicted molar refractivity (Wildman–Crippen MR) is 88.2 cm³/mol. The maximum Gasteiger partial charge on any atom is 0.282 e. The van der Waals surface area contributed by atoms with Gasteiger partial charge in [-0.15, -0.1) is 0 Å². The van der Waals surface area contributed by atoms with Gasteiger partial charge in [-0.25, -0.2) is 0 Å². The summed E-state index contributed by atoms with van der Waals surface area (Å²) in [4.78, 5) is 27.9. The molecule has 2 unspecified atom stereocenters. The molecule has 124 valence electrons. The molecule has 4 rings (SSSR count). The molecule has 1 saturated heterocycles. The van der Waals surface area contributed by atoms with Crippen molar-refractivity contribution in [2.75, 3.05) is 18.8 Å². The highest BCUT2D eigenvalue weighted by molar-refractivity contribution is 8.13. The largest absolute Gasteiger partial charge is 0.464 e. The minimum Gasteiger partial charge on any atom is -0.464 e. The first kappa shape index (κ1) is 15.1. The van der Waals surface area contributed by atoms with Crippen LogP contribution < -0.4 is 0 Å². The summed E-state index contributed by atoms with van der Waals surface area (Å²) in [6.45, 7) is 3.64. The lowest BCUT2D eigenvalue weighted by Crippen LogP contribution is -2.41. The van der Waals surface area contributed by atoms with Gasteiger partial charge in [-0.1, -0.05) is 18.7 Å². The van der Waals surface area contributed by atoms with Crippen molar-refractivity contribution in [3.63, 3.8) is 0 Å². The molecule has 0 bridgehead atoms. The lowest BCUT2D eigenvalue weighted by molar-refractivity contribution is -0.133. The van der Waals surface area contributed by atoms with Crippen molar-refractivity contribution in [1.82, 2.24) is 9.80 Å². The number of rotatable bonds is 6. The molecule has 3 fully saturated rings. The predicted octanol–water partition coefficient (Wildman–Crippen LogP) is 3.06. The molecule has 5 nitrogen and oxygen atoms in total. The van der Waals surface area contributed by atoms with Gasteiger partial charge in [0.25, 0.3) is 5.24 Å². The summed E-state index contributed by atoms with van der Waals surface area (Å²) < 4.78 is 5.95. The molecule has 2 amide bonds. The Bertz CT molecular complexity index is 625. The second-order valence-corrected chi connectivity index (χ2v) is 7.96. The van der Waals surface area contributed by atoms with Crippen LogP contribution in [0.5, 0.6) is 0 Å². The second kappa shape index (κ2) is 5.89. The van der Waals surface area contributed by atoms with Crippen LogP contribution in [0.1, 0.15) is 43.6 Å². The monoisotopic (exact) mass is 334 g/mol. The van der Waals surface area contributed by atoms with Gasteiger partial charge in [0, 0.05) is 24.3 Å². The van der Waals surface area contributed by atoms with Crippen molar-refractivity contribution in [2.24, 2.45) is 5.92 Å². The summed E-state index contributed by atoms with van der Waals surface area (Å²) in [5, 5.41) is 0.0251. The van der Waals surface area contributed by atoms with Crippen LogP contribution in [0.3, 0.4) is 0 Å². The second-order valence-electron chi connectivity index (χ2n) is 6.91. The van der Waals surface area contributed by atoms with Gasteiger partial charge >= 0.3 is 0 Å². The minimum atomic E-state index is 0.0251. The van der Waals surface area contributed by atoms with E-state index in [-0.39, 0.29) is 17.7 Å². The smallest absolute Gasteiger partial charge is 0.282 e. The van der Waals surface area contributed by atoms with Crippen molar-refractivity contribution >= 4 is 22.9 Å². The minimum absolute atomic E-state index is 0.0251. The SMILES string of the molecule is CC1CC1c1ccc(CN(C(=O)CN2CCSC2=O)C2CC2)o1. The van der Waals surface area contributed by atoms with Crippen molar-refractivity contribution in [3.05, 3.63) is 23.7 Å². The molecule has 2 heterocycles. The number of thioether (sulfide) groups is 1. The first-order valence-electron chi connectivity index (χ1n) is 8.41. The standard InChI is InChI=1S/C17H22N2O3S/c1-11-8-14(11)15-5-4-13(22-15)9-19(12-2-3-12)16(20)10-18-6-7-23-17(18)21/h4-5,11-12,14H,2-3,6-10H2,1H3. The van der Waals surface area contributed by atoms with Gasteiger partial charge < -0.3 is 14.2 Å². The average molecular weight is 334 g/mol.